The van der Waals surface area contributed by atoms with Crippen molar-refractivity contribution in [2.24, 2.45) is 13.0 Å². The van der Waals surface area contributed by atoms with Gasteiger partial charge in [0.25, 0.3) is 5.91 Å². The second-order valence-electron chi connectivity index (χ2n) is 9.37. The maximum absolute atomic E-state index is 13.6. The predicted octanol–water partition coefficient (Wildman–Crippen LogP) is 2.48. The second-order valence-corrected chi connectivity index (χ2v) is 9.37. The van der Waals surface area contributed by atoms with Crippen LogP contribution in [0.3, 0.4) is 0 Å². The molecule has 5 heterocycles. The highest BCUT2D eigenvalue weighted by atomic mass is 16.1. The Morgan fingerprint density at radius 3 is 2.43 bits per heavy atom. The van der Waals surface area contributed by atoms with Gasteiger partial charge in [-0.1, -0.05) is 36.4 Å². The summed E-state index contributed by atoms with van der Waals surface area (Å²) in [5.41, 5.74) is 3.18. The van der Waals surface area contributed by atoms with E-state index >= 15 is 0 Å². The predicted molar refractivity (Wildman–Crippen MR) is 119 cm³/mol. The van der Waals surface area contributed by atoms with Crippen molar-refractivity contribution in [3.05, 3.63) is 71.9 Å². The van der Waals surface area contributed by atoms with E-state index in [-0.39, 0.29) is 17.4 Å². The van der Waals surface area contributed by atoms with Crippen LogP contribution in [-0.2, 0) is 12.5 Å². The maximum Gasteiger partial charge on any atom is 0.252 e. The number of piperidine rings is 2. The smallest absolute Gasteiger partial charge is 0.252 e. The molecule has 5 heteroatoms. The molecule has 4 saturated heterocycles. The van der Waals surface area contributed by atoms with E-state index in [1.807, 2.05) is 25.4 Å². The summed E-state index contributed by atoms with van der Waals surface area (Å²) in [5, 5.41) is 4.57. The topological polar surface area (TPSA) is 40.5 Å². The van der Waals surface area contributed by atoms with E-state index in [0.717, 1.165) is 55.7 Å². The van der Waals surface area contributed by atoms with Gasteiger partial charge in [-0.3, -0.25) is 4.79 Å². The molecule has 4 aliphatic heterocycles. The van der Waals surface area contributed by atoms with E-state index in [1.54, 1.807) is 0 Å². The monoisotopic (exact) mass is 400 g/mol. The number of nitrogens with one attached hydrogen (secondary N) is 1. The fourth-order valence-electron chi connectivity index (χ4n) is 6.29. The molecule has 2 aromatic carbocycles. The molecule has 30 heavy (non-hydrogen) atoms. The molecule has 0 radical (unpaired) electrons. The zero-order chi connectivity index (χ0) is 20.3. The highest BCUT2D eigenvalue weighted by Gasteiger charge is 2.55. The normalized spacial score (nSPS) is 32.3. The van der Waals surface area contributed by atoms with Crippen LogP contribution in [0.5, 0.6) is 0 Å². The first-order valence-corrected chi connectivity index (χ1v) is 11.0. The number of amides is 1. The minimum Gasteiger partial charge on any atom is -0.351 e. The van der Waals surface area contributed by atoms with Crippen LogP contribution in [0.2, 0.25) is 0 Å². The largest absolute Gasteiger partial charge is 0.351 e. The van der Waals surface area contributed by atoms with Gasteiger partial charge in [0, 0.05) is 86.4 Å². The molecular weight excluding hydrogens is 372 g/mol. The van der Waals surface area contributed by atoms with Crippen LogP contribution in [0.1, 0.15) is 15.9 Å². The maximum atomic E-state index is 13.6. The Balaban J connectivity index is 1.41. The summed E-state index contributed by atoms with van der Waals surface area (Å²) in [7, 11) is 2.03. The fourth-order valence-corrected chi connectivity index (χ4v) is 6.29. The number of benzene rings is 2. The number of aryl methyl sites for hydroxylation is 1. The Hall–Kier alpha value is -2.63. The van der Waals surface area contributed by atoms with Crippen LogP contribution in [-0.4, -0.2) is 65.6 Å². The Bertz CT molecular complexity index is 1090. The first-order valence-electron chi connectivity index (χ1n) is 11.0. The van der Waals surface area contributed by atoms with Crippen LogP contribution >= 0.6 is 0 Å². The van der Waals surface area contributed by atoms with E-state index in [9.17, 15) is 4.79 Å². The Labute approximate surface area is 177 Å². The van der Waals surface area contributed by atoms with Gasteiger partial charge in [0.1, 0.15) is 0 Å². The van der Waals surface area contributed by atoms with Crippen LogP contribution in [0, 0.1) is 5.92 Å². The molecule has 1 amide bonds. The molecule has 0 aliphatic carbocycles. The van der Waals surface area contributed by atoms with Gasteiger partial charge in [-0.25, -0.2) is 0 Å². The van der Waals surface area contributed by atoms with Crippen molar-refractivity contribution in [1.82, 2.24) is 19.7 Å². The van der Waals surface area contributed by atoms with Crippen molar-refractivity contribution in [2.45, 2.75) is 11.5 Å². The SMILES string of the molecule is Cn1ccc2c(C(=O)N[C@H]3C4CN5CCN(C4)CC3(c3ccccc3)C5)cccc21. The number of nitrogens with zero attached hydrogens (tertiary/aromatic N) is 3. The van der Waals surface area contributed by atoms with Crippen molar-refractivity contribution in [1.29, 1.82) is 0 Å². The summed E-state index contributed by atoms with van der Waals surface area (Å²) in [5.74, 6) is 0.511. The molecule has 0 saturated carbocycles. The number of fused-ring (bicyclic) bond motifs is 2. The summed E-state index contributed by atoms with van der Waals surface area (Å²) >= 11 is 0. The van der Waals surface area contributed by atoms with E-state index in [4.69, 9.17) is 0 Å². The molecular formula is C25H28N4O. The average Bonchev–Trinajstić information content (AvgIpc) is 2.97. The van der Waals surface area contributed by atoms with E-state index < -0.39 is 0 Å². The molecule has 4 fully saturated rings. The zero-order valence-corrected chi connectivity index (χ0v) is 17.4. The third-order valence-electron chi connectivity index (χ3n) is 7.60. The van der Waals surface area contributed by atoms with Gasteiger partial charge in [-0.05, 0) is 23.8 Å². The minimum absolute atomic E-state index is 0.0564. The first kappa shape index (κ1) is 18.2. The highest BCUT2D eigenvalue weighted by molar-refractivity contribution is 6.06. The van der Waals surface area contributed by atoms with Crippen molar-refractivity contribution >= 4 is 16.8 Å². The van der Waals surface area contributed by atoms with E-state index in [2.05, 4.69) is 62.1 Å². The number of rotatable bonds is 3. The number of aromatic nitrogens is 1. The molecule has 4 aliphatic rings. The van der Waals surface area contributed by atoms with Crippen LogP contribution in [0.25, 0.3) is 10.9 Å². The lowest BCUT2D eigenvalue weighted by Crippen LogP contribution is -2.70. The van der Waals surface area contributed by atoms with E-state index in [0.29, 0.717) is 5.92 Å². The van der Waals surface area contributed by atoms with Gasteiger partial charge < -0.3 is 19.7 Å². The summed E-state index contributed by atoms with van der Waals surface area (Å²) in [6.45, 7) is 6.45. The lowest BCUT2D eigenvalue weighted by atomic mass is 9.64. The van der Waals surface area contributed by atoms with Gasteiger partial charge in [-0.15, -0.1) is 0 Å². The molecule has 1 aromatic heterocycles. The standard InChI is InChI=1S/C25H28N4O/c1-27-11-10-20-21(8-5-9-22(20)27)24(30)26-23-18-14-28-12-13-29(15-18)17-25(23,16-28)19-6-3-2-4-7-19/h2-11,18,23H,12-17H2,1H3,(H,26,30)/t18?,23-,25?/m0/s1. The Morgan fingerprint density at radius 1 is 0.967 bits per heavy atom. The van der Waals surface area contributed by atoms with Crippen LogP contribution in [0.15, 0.2) is 60.8 Å². The quantitative estimate of drug-likeness (QED) is 0.734. The molecule has 154 valence electrons. The van der Waals surface area contributed by atoms with Gasteiger partial charge in [0.15, 0.2) is 0 Å². The zero-order valence-electron chi connectivity index (χ0n) is 17.4. The Morgan fingerprint density at radius 2 is 1.70 bits per heavy atom. The lowest BCUT2D eigenvalue weighted by Gasteiger charge is -2.55. The molecule has 3 atom stereocenters. The van der Waals surface area contributed by atoms with Crippen LogP contribution < -0.4 is 5.32 Å². The summed E-state index contributed by atoms with van der Waals surface area (Å²) < 4.78 is 2.07. The molecule has 0 spiro atoms. The first-order chi connectivity index (χ1) is 14.6. The van der Waals surface area contributed by atoms with Crippen molar-refractivity contribution < 1.29 is 4.79 Å². The number of carbonyl (C=O) groups is 1. The third-order valence-corrected chi connectivity index (χ3v) is 7.60. The number of hydrogen-bond acceptors (Lipinski definition) is 3. The molecule has 5 nitrogen and oxygen atoms in total. The van der Waals surface area contributed by atoms with Crippen LogP contribution in [0.4, 0.5) is 0 Å². The summed E-state index contributed by atoms with van der Waals surface area (Å²) in [6, 6.07) is 19.1. The van der Waals surface area contributed by atoms with Crippen molar-refractivity contribution in [3.63, 3.8) is 0 Å². The summed E-state index contributed by atoms with van der Waals surface area (Å²) in [4.78, 5) is 18.8. The second kappa shape index (κ2) is 6.69. The van der Waals surface area contributed by atoms with Gasteiger partial charge in [0.05, 0.1) is 0 Å². The molecule has 1 N–H and O–H groups in total. The fraction of sp³-hybridized carbons (Fsp3) is 0.400. The minimum atomic E-state index is -0.0564. The number of carbonyl (C=O) groups excluding carboxylic acids is 1. The molecule has 4 bridgehead atoms. The van der Waals surface area contributed by atoms with Gasteiger partial charge in [0.2, 0.25) is 0 Å². The third kappa shape index (κ3) is 2.65. The lowest BCUT2D eigenvalue weighted by molar-refractivity contribution is 0.0181. The Kier molecular flexibility index (Phi) is 4.05. The molecule has 2 unspecified atom stereocenters. The van der Waals surface area contributed by atoms with E-state index in [1.165, 1.54) is 5.56 Å². The highest BCUT2D eigenvalue weighted by Crippen LogP contribution is 2.43. The van der Waals surface area contributed by atoms with Crippen molar-refractivity contribution in [2.75, 3.05) is 39.3 Å². The van der Waals surface area contributed by atoms with Gasteiger partial charge in [-0.2, -0.15) is 0 Å². The molecule has 7 rings (SSSR count). The number of hydrogen-bond donors (Lipinski definition) is 1. The molecule has 3 aromatic rings. The van der Waals surface area contributed by atoms with Gasteiger partial charge >= 0.3 is 0 Å². The average molecular weight is 401 g/mol. The summed E-state index contributed by atoms with van der Waals surface area (Å²) in [6.07, 6.45) is 2.03. The van der Waals surface area contributed by atoms with Crippen molar-refractivity contribution in [3.8, 4) is 0 Å².